The summed E-state index contributed by atoms with van der Waals surface area (Å²) < 4.78 is 0. The lowest BCUT2D eigenvalue weighted by atomic mass is 9.97. The number of amides is 1. The van der Waals surface area contributed by atoms with Crippen LogP contribution in [-0.2, 0) is 4.79 Å². The Morgan fingerprint density at radius 3 is 2.11 bits per heavy atom. The fourth-order valence-corrected chi connectivity index (χ4v) is 2.20. The van der Waals surface area contributed by atoms with Gasteiger partial charge in [0.2, 0.25) is 5.91 Å². The van der Waals surface area contributed by atoms with Crippen LogP contribution in [-0.4, -0.2) is 35.5 Å². The first kappa shape index (κ1) is 17.4. The highest BCUT2D eigenvalue weighted by molar-refractivity contribution is 5.83. The Morgan fingerprint density at radius 1 is 1.28 bits per heavy atom. The molecule has 1 atom stereocenters. The number of rotatable bonds is 9. The van der Waals surface area contributed by atoms with Gasteiger partial charge in [0.25, 0.3) is 0 Å². The van der Waals surface area contributed by atoms with Crippen LogP contribution in [0.25, 0.3) is 0 Å². The third kappa shape index (κ3) is 5.83. The zero-order valence-corrected chi connectivity index (χ0v) is 12.7. The highest BCUT2D eigenvalue weighted by Crippen LogP contribution is 2.15. The second-order valence-electron chi connectivity index (χ2n) is 5.89. The van der Waals surface area contributed by atoms with Gasteiger partial charge in [0.15, 0.2) is 0 Å². The fourth-order valence-electron chi connectivity index (χ4n) is 2.20. The van der Waals surface area contributed by atoms with Gasteiger partial charge < -0.3 is 16.4 Å². The minimum absolute atomic E-state index is 0.420. The van der Waals surface area contributed by atoms with Crippen LogP contribution in [0, 0.1) is 5.92 Å². The number of carbonyl (C=O) groups is 1. The summed E-state index contributed by atoms with van der Waals surface area (Å²) in [5.74, 6) is 0.194. The molecule has 0 saturated carbocycles. The summed E-state index contributed by atoms with van der Waals surface area (Å²) in [6.45, 7) is 12.4. The van der Waals surface area contributed by atoms with Gasteiger partial charge >= 0.3 is 0 Å². The molecule has 0 bridgehead atoms. The van der Waals surface area contributed by atoms with Gasteiger partial charge in [-0.05, 0) is 32.1 Å². The summed E-state index contributed by atoms with van der Waals surface area (Å²) in [6.07, 6.45) is 2.87. The van der Waals surface area contributed by atoms with E-state index in [-0.39, 0.29) is 0 Å². The second kappa shape index (κ2) is 7.74. The van der Waals surface area contributed by atoms with Gasteiger partial charge in [0, 0.05) is 19.1 Å². The molecule has 1 unspecified atom stereocenters. The van der Waals surface area contributed by atoms with Crippen molar-refractivity contribution < 1.29 is 4.79 Å². The maximum Gasteiger partial charge on any atom is 0.237 e. The molecule has 0 aromatic carbocycles. The Bertz CT molecular complexity index is 247. The fraction of sp³-hybridized carbons (Fsp3) is 0.929. The smallest absolute Gasteiger partial charge is 0.237 e. The Balaban J connectivity index is 4.55. The van der Waals surface area contributed by atoms with Crippen LogP contribution in [0.3, 0.4) is 0 Å². The van der Waals surface area contributed by atoms with Crippen molar-refractivity contribution in [3.05, 3.63) is 0 Å². The van der Waals surface area contributed by atoms with Crippen molar-refractivity contribution in [1.29, 1.82) is 0 Å². The molecule has 4 N–H and O–H groups in total. The molecule has 0 rings (SSSR count). The third-order valence-electron chi connectivity index (χ3n) is 3.54. The standard InChI is InChI=1S/C14H31N3O/c1-6-12(7-2)17(10-11(3)4)9-8-14(5,16)13(15)18/h11-12H,6-10,16H2,1-5H3,(H2,15,18). The predicted octanol–water partition coefficient (Wildman–Crippen LogP) is 1.73. The molecule has 0 fully saturated rings. The SMILES string of the molecule is CCC(CC)N(CCC(C)(N)C(N)=O)CC(C)C. The summed E-state index contributed by atoms with van der Waals surface area (Å²) in [6, 6.07) is 0.566. The average molecular weight is 257 g/mol. The molecule has 0 radical (unpaired) electrons. The van der Waals surface area contributed by atoms with E-state index in [4.69, 9.17) is 11.5 Å². The number of hydrogen-bond acceptors (Lipinski definition) is 3. The Morgan fingerprint density at radius 2 is 1.78 bits per heavy atom. The zero-order valence-electron chi connectivity index (χ0n) is 12.7. The summed E-state index contributed by atoms with van der Waals surface area (Å²) in [5.41, 5.74) is 10.3. The molecular weight excluding hydrogens is 226 g/mol. The van der Waals surface area contributed by atoms with Crippen LogP contribution in [0.1, 0.15) is 53.9 Å². The van der Waals surface area contributed by atoms with Crippen LogP contribution < -0.4 is 11.5 Å². The first-order valence-corrected chi connectivity index (χ1v) is 7.07. The monoisotopic (exact) mass is 257 g/mol. The Hall–Kier alpha value is -0.610. The molecule has 0 aromatic heterocycles. The molecular formula is C14H31N3O. The number of primary amides is 1. The number of hydrogen-bond donors (Lipinski definition) is 2. The largest absolute Gasteiger partial charge is 0.368 e. The molecule has 108 valence electrons. The quantitative estimate of drug-likeness (QED) is 0.660. The molecule has 4 nitrogen and oxygen atoms in total. The zero-order chi connectivity index (χ0) is 14.3. The third-order valence-corrected chi connectivity index (χ3v) is 3.54. The summed E-state index contributed by atoms with van der Waals surface area (Å²) in [7, 11) is 0. The summed E-state index contributed by atoms with van der Waals surface area (Å²) >= 11 is 0. The number of nitrogens with zero attached hydrogens (tertiary/aromatic N) is 1. The molecule has 0 saturated heterocycles. The highest BCUT2D eigenvalue weighted by atomic mass is 16.1. The van der Waals surface area contributed by atoms with E-state index in [1.165, 1.54) is 0 Å². The first-order valence-electron chi connectivity index (χ1n) is 7.07. The lowest BCUT2D eigenvalue weighted by Gasteiger charge is -2.34. The van der Waals surface area contributed by atoms with Gasteiger partial charge in [-0.15, -0.1) is 0 Å². The van der Waals surface area contributed by atoms with Gasteiger partial charge in [-0.2, -0.15) is 0 Å². The highest BCUT2D eigenvalue weighted by Gasteiger charge is 2.27. The molecule has 18 heavy (non-hydrogen) atoms. The normalized spacial score (nSPS) is 15.4. The van der Waals surface area contributed by atoms with Crippen molar-refractivity contribution in [2.45, 2.75) is 65.5 Å². The lowest BCUT2D eigenvalue weighted by Crippen LogP contribution is -2.52. The van der Waals surface area contributed by atoms with Crippen molar-refractivity contribution in [3.63, 3.8) is 0 Å². The molecule has 4 heteroatoms. The minimum atomic E-state index is -0.902. The van der Waals surface area contributed by atoms with Crippen LogP contribution >= 0.6 is 0 Å². The van der Waals surface area contributed by atoms with Crippen molar-refractivity contribution in [2.75, 3.05) is 13.1 Å². The van der Waals surface area contributed by atoms with Gasteiger partial charge in [0.1, 0.15) is 0 Å². The number of nitrogens with two attached hydrogens (primary N) is 2. The maximum absolute atomic E-state index is 11.2. The molecule has 0 aliphatic rings. The molecule has 0 spiro atoms. The van der Waals surface area contributed by atoms with E-state index in [2.05, 4.69) is 32.6 Å². The van der Waals surface area contributed by atoms with Gasteiger partial charge in [-0.3, -0.25) is 4.79 Å². The van der Waals surface area contributed by atoms with Crippen LogP contribution in [0.4, 0.5) is 0 Å². The second-order valence-corrected chi connectivity index (χ2v) is 5.89. The Kier molecular flexibility index (Phi) is 7.48. The van der Waals surface area contributed by atoms with Crippen molar-refractivity contribution in [3.8, 4) is 0 Å². The first-order chi connectivity index (χ1) is 8.24. The van der Waals surface area contributed by atoms with E-state index in [0.717, 1.165) is 25.9 Å². The van der Waals surface area contributed by atoms with Crippen molar-refractivity contribution in [2.24, 2.45) is 17.4 Å². The minimum Gasteiger partial charge on any atom is -0.368 e. The Labute approximate surface area is 112 Å². The van der Waals surface area contributed by atoms with Crippen LogP contribution in [0.5, 0.6) is 0 Å². The van der Waals surface area contributed by atoms with Gasteiger partial charge in [-0.25, -0.2) is 0 Å². The van der Waals surface area contributed by atoms with Crippen LogP contribution in [0.15, 0.2) is 0 Å². The van der Waals surface area contributed by atoms with Crippen molar-refractivity contribution >= 4 is 5.91 Å². The van der Waals surface area contributed by atoms with E-state index in [9.17, 15) is 4.79 Å². The molecule has 0 heterocycles. The van der Waals surface area contributed by atoms with E-state index in [1.807, 2.05) is 0 Å². The van der Waals surface area contributed by atoms with E-state index < -0.39 is 11.4 Å². The van der Waals surface area contributed by atoms with Gasteiger partial charge in [0.05, 0.1) is 5.54 Å². The van der Waals surface area contributed by atoms with Gasteiger partial charge in [-0.1, -0.05) is 27.7 Å². The molecule has 0 aliphatic carbocycles. The van der Waals surface area contributed by atoms with Crippen molar-refractivity contribution in [1.82, 2.24) is 4.90 Å². The average Bonchev–Trinajstić information content (AvgIpc) is 2.26. The lowest BCUT2D eigenvalue weighted by molar-refractivity contribution is -0.123. The van der Waals surface area contributed by atoms with E-state index >= 15 is 0 Å². The molecule has 1 amide bonds. The number of carbonyl (C=O) groups excluding carboxylic acids is 1. The maximum atomic E-state index is 11.2. The van der Waals surface area contributed by atoms with Crippen LogP contribution in [0.2, 0.25) is 0 Å². The predicted molar refractivity (Wildman–Crippen MR) is 77.2 cm³/mol. The molecule has 0 aromatic rings. The van der Waals surface area contributed by atoms with E-state index in [1.54, 1.807) is 6.92 Å². The van der Waals surface area contributed by atoms with E-state index in [0.29, 0.717) is 18.4 Å². The summed E-state index contributed by atoms with van der Waals surface area (Å²) in [4.78, 5) is 13.7. The molecule has 0 aliphatic heterocycles. The topological polar surface area (TPSA) is 72.3 Å². The summed E-state index contributed by atoms with van der Waals surface area (Å²) in [5, 5.41) is 0.